The van der Waals surface area contributed by atoms with Gasteiger partial charge in [0.05, 0.1) is 0 Å². The second kappa shape index (κ2) is 6.93. The van der Waals surface area contributed by atoms with E-state index in [0.29, 0.717) is 24.0 Å². The van der Waals surface area contributed by atoms with Crippen molar-refractivity contribution >= 4 is 5.91 Å². The summed E-state index contributed by atoms with van der Waals surface area (Å²) in [6, 6.07) is 3.97. The second-order valence-corrected chi connectivity index (χ2v) is 8.60. The molecule has 2 aliphatic carbocycles. The van der Waals surface area contributed by atoms with E-state index in [0.717, 1.165) is 24.0 Å². The molecule has 1 aromatic carbocycles. The normalized spacial score (nSPS) is 25.6. The predicted molar refractivity (Wildman–Crippen MR) is 97.5 cm³/mol. The maximum atomic E-state index is 14.7. The summed E-state index contributed by atoms with van der Waals surface area (Å²) in [5.74, 6) is -0.979. The highest BCUT2D eigenvalue weighted by atomic mass is 19.1. The molecule has 26 heavy (non-hydrogen) atoms. The van der Waals surface area contributed by atoms with Crippen LogP contribution in [0.5, 0.6) is 0 Å². The zero-order chi connectivity index (χ0) is 18.3. The average molecular weight is 360 g/mol. The van der Waals surface area contributed by atoms with Gasteiger partial charge >= 0.3 is 0 Å². The first-order chi connectivity index (χ1) is 12.5. The van der Waals surface area contributed by atoms with Crippen molar-refractivity contribution in [3.8, 4) is 0 Å². The molecule has 4 rings (SSSR count). The van der Waals surface area contributed by atoms with Crippen LogP contribution in [0.4, 0.5) is 4.39 Å². The van der Waals surface area contributed by atoms with E-state index in [9.17, 15) is 9.18 Å². The maximum absolute atomic E-state index is 14.7. The van der Waals surface area contributed by atoms with Gasteiger partial charge in [-0.05, 0) is 61.6 Å². The molecule has 0 saturated heterocycles. The standard InChI is InChI=1S/C21H29FN2O2/c1-2-16-9-14-8-15(20(25)23-26)10-19(22)18(14)13-24(16)17-11-21(12-17)6-4-3-5-7-21/h8,10,16-17,26H,2-7,9,11-13H2,1H3,(H,23,25)/t16-/m1/s1. The van der Waals surface area contributed by atoms with Crippen molar-refractivity contribution in [3.63, 3.8) is 0 Å². The van der Waals surface area contributed by atoms with Crippen molar-refractivity contribution in [1.29, 1.82) is 0 Å². The lowest BCUT2D eigenvalue weighted by Crippen LogP contribution is -2.56. The average Bonchev–Trinajstić information content (AvgIpc) is 2.65. The Labute approximate surface area is 154 Å². The van der Waals surface area contributed by atoms with Crippen molar-refractivity contribution in [2.75, 3.05) is 0 Å². The van der Waals surface area contributed by atoms with Gasteiger partial charge in [0.1, 0.15) is 5.82 Å². The number of hydrogen-bond acceptors (Lipinski definition) is 3. The van der Waals surface area contributed by atoms with Crippen LogP contribution < -0.4 is 5.48 Å². The van der Waals surface area contributed by atoms with Crippen molar-refractivity contribution in [1.82, 2.24) is 10.4 Å². The summed E-state index contributed by atoms with van der Waals surface area (Å²) in [6.45, 7) is 2.83. The number of benzene rings is 1. The number of nitrogens with zero attached hydrogens (tertiary/aromatic N) is 1. The maximum Gasteiger partial charge on any atom is 0.274 e. The third kappa shape index (κ3) is 3.05. The zero-order valence-electron chi connectivity index (χ0n) is 15.6. The van der Waals surface area contributed by atoms with E-state index >= 15 is 0 Å². The van der Waals surface area contributed by atoms with E-state index in [1.807, 2.05) is 0 Å². The van der Waals surface area contributed by atoms with Gasteiger partial charge in [-0.1, -0.05) is 26.2 Å². The molecule has 2 N–H and O–H groups in total. The first-order valence-electron chi connectivity index (χ1n) is 10.1. The largest absolute Gasteiger partial charge is 0.293 e. The van der Waals surface area contributed by atoms with Gasteiger partial charge in [-0.15, -0.1) is 0 Å². The lowest BCUT2D eigenvalue weighted by atomic mass is 9.57. The van der Waals surface area contributed by atoms with Crippen LogP contribution >= 0.6 is 0 Å². The van der Waals surface area contributed by atoms with Crippen LogP contribution in [0.1, 0.15) is 79.8 Å². The number of carbonyl (C=O) groups is 1. The van der Waals surface area contributed by atoms with E-state index in [1.165, 1.54) is 51.0 Å². The van der Waals surface area contributed by atoms with Gasteiger partial charge in [0.15, 0.2) is 0 Å². The molecule has 0 aromatic heterocycles. The summed E-state index contributed by atoms with van der Waals surface area (Å²) < 4.78 is 14.7. The summed E-state index contributed by atoms with van der Waals surface area (Å²) >= 11 is 0. The first kappa shape index (κ1) is 17.9. The molecule has 2 fully saturated rings. The molecule has 3 aliphatic rings. The number of halogens is 1. The highest BCUT2D eigenvalue weighted by Gasteiger charge is 2.48. The number of fused-ring (bicyclic) bond motifs is 1. The Hall–Kier alpha value is -1.46. The van der Waals surface area contributed by atoms with E-state index in [-0.39, 0.29) is 11.4 Å². The molecule has 1 atom stereocenters. The Balaban J connectivity index is 1.54. The van der Waals surface area contributed by atoms with Gasteiger partial charge in [0.2, 0.25) is 0 Å². The summed E-state index contributed by atoms with van der Waals surface area (Å²) in [7, 11) is 0. The molecule has 4 nitrogen and oxygen atoms in total. The molecule has 1 aliphatic heterocycles. The van der Waals surface area contributed by atoms with Crippen molar-refractivity contribution in [2.24, 2.45) is 5.41 Å². The van der Waals surface area contributed by atoms with Crippen LogP contribution in [0.25, 0.3) is 0 Å². The quantitative estimate of drug-likeness (QED) is 0.628. The summed E-state index contributed by atoms with van der Waals surface area (Å²) in [5, 5.41) is 8.83. The fraction of sp³-hybridized carbons (Fsp3) is 0.667. The Morgan fingerprint density at radius 1 is 1.31 bits per heavy atom. The van der Waals surface area contributed by atoms with E-state index in [2.05, 4.69) is 11.8 Å². The third-order valence-corrected chi connectivity index (χ3v) is 7.11. The van der Waals surface area contributed by atoms with Gasteiger partial charge in [-0.3, -0.25) is 14.9 Å². The molecule has 1 amide bonds. The van der Waals surface area contributed by atoms with Gasteiger partial charge in [-0.25, -0.2) is 9.87 Å². The number of amides is 1. The molecule has 0 bridgehead atoms. The van der Waals surface area contributed by atoms with Crippen LogP contribution in [-0.2, 0) is 13.0 Å². The molecule has 2 saturated carbocycles. The molecule has 0 radical (unpaired) electrons. The number of carbonyl (C=O) groups excluding carboxylic acids is 1. The van der Waals surface area contributed by atoms with Crippen LogP contribution in [0.2, 0.25) is 0 Å². The molecule has 0 unspecified atom stereocenters. The fourth-order valence-corrected chi connectivity index (χ4v) is 5.62. The van der Waals surface area contributed by atoms with Gasteiger partial charge in [0, 0.05) is 29.8 Å². The molecule has 1 spiro atoms. The predicted octanol–water partition coefficient (Wildman–Crippen LogP) is 4.19. The van der Waals surface area contributed by atoms with Crippen LogP contribution in [0, 0.1) is 11.2 Å². The summed E-state index contributed by atoms with van der Waals surface area (Å²) in [5.41, 5.74) is 4.01. The molecule has 1 heterocycles. The zero-order valence-corrected chi connectivity index (χ0v) is 15.6. The minimum absolute atomic E-state index is 0.192. The molecular weight excluding hydrogens is 331 g/mol. The summed E-state index contributed by atoms with van der Waals surface area (Å²) in [4.78, 5) is 14.2. The van der Waals surface area contributed by atoms with E-state index < -0.39 is 5.91 Å². The van der Waals surface area contributed by atoms with Gasteiger partial charge in [-0.2, -0.15) is 0 Å². The van der Waals surface area contributed by atoms with E-state index in [1.54, 1.807) is 11.5 Å². The van der Waals surface area contributed by atoms with Crippen LogP contribution in [-0.4, -0.2) is 28.1 Å². The highest BCUT2D eigenvalue weighted by Crippen LogP contribution is 2.54. The lowest BCUT2D eigenvalue weighted by Gasteiger charge is -2.56. The topological polar surface area (TPSA) is 52.6 Å². The van der Waals surface area contributed by atoms with Gasteiger partial charge in [0.25, 0.3) is 5.91 Å². The van der Waals surface area contributed by atoms with Crippen molar-refractivity contribution in [2.45, 2.75) is 83.3 Å². The van der Waals surface area contributed by atoms with Crippen LogP contribution in [0.15, 0.2) is 12.1 Å². The summed E-state index contributed by atoms with van der Waals surface area (Å²) in [6.07, 6.45) is 11.2. The van der Waals surface area contributed by atoms with Crippen molar-refractivity contribution < 1.29 is 14.4 Å². The Morgan fingerprint density at radius 3 is 2.69 bits per heavy atom. The molecule has 142 valence electrons. The number of nitrogens with one attached hydrogen (secondary N) is 1. The van der Waals surface area contributed by atoms with E-state index in [4.69, 9.17) is 5.21 Å². The Kier molecular flexibility index (Phi) is 4.78. The Morgan fingerprint density at radius 2 is 2.04 bits per heavy atom. The number of hydrogen-bond donors (Lipinski definition) is 2. The lowest BCUT2D eigenvalue weighted by molar-refractivity contribution is -0.0514. The fourth-order valence-electron chi connectivity index (χ4n) is 5.62. The molecule has 5 heteroatoms. The number of hydroxylamine groups is 1. The molecule has 1 aromatic rings. The number of rotatable bonds is 3. The Bertz CT molecular complexity index is 691. The minimum Gasteiger partial charge on any atom is -0.293 e. The van der Waals surface area contributed by atoms with Crippen molar-refractivity contribution in [3.05, 3.63) is 34.6 Å². The molecular formula is C21H29FN2O2. The smallest absolute Gasteiger partial charge is 0.274 e. The third-order valence-electron chi connectivity index (χ3n) is 7.11. The van der Waals surface area contributed by atoms with Gasteiger partial charge < -0.3 is 0 Å². The minimum atomic E-state index is -0.652. The van der Waals surface area contributed by atoms with Crippen LogP contribution in [0.3, 0.4) is 0 Å². The monoisotopic (exact) mass is 360 g/mol. The highest BCUT2D eigenvalue weighted by molar-refractivity contribution is 5.93. The SMILES string of the molecule is CC[C@@H]1Cc2cc(C(=O)NO)cc(F)c2CN1C1CC2(CCCCC2)C1. The first-order valence-corrected chi connectivity index (χ1v) is 10.1. The second-order valence-electron chi connectivity index (χ2n) is 8.60.